The average Bonchev–Trinajstić information content (AvgIpc) is 3.15. The van der Waals surface area contributed by atoms with E-state index >= 15 is 0 Å². The number of para-hydroxylation sites is 2. The van der Waals surface area contributed by atoms with Gasteiger partial charge in [0.25, 0.3) is 5.56 Å². The maximum Gasteiger partial charge on any atom is 0.267 e. The summed E-state index contributed by atoms with van der Waals surface area (Å²) in [5.74, 6) is 0.995. The Morgan fingerprint density at radius 2 is 1.76 bits per heavy atom. The van der Waals surface area contributed by atoms with E-state index in [9.17, 15) is 4.79 Å². The van der Waals surface area contributed by atoms with Crippen LogP contribution >= 0.6 is 11.3 Å². The Morgan fingerprint density at radius 1 is 0.960 bits per heavy atom. The lowest BCUT2D eigenvalue weighted by Crippen LogP contribution is -2.17. The van der Waals surface area contributed by atoms with Gasteiger partial charge in [0, 0.05) is 17.0 Å². The van der Waals surface area contributed by atoms with Gasteiger partial charge in [0.1, 0.15) is 5.82 Å². The molecule has 0 saturated carbocycles. The maximum atomic E-state index is 13.0. The summed E-state index contributed by atoms with van der Waals surface area (Å²) >= 11 is 1.49. The second-order valence-electron chi connectivity index (χ2n) is 5.51. The molecule has 0 aliphatic rings. The van der Waals surface area contributed by atoms with Crippen LogP contribution in [-0.2, 0) is 0 Å². The van der Waals surface area contributed by atoms with Crippen molar-refractivity contribution in [3.63, 3.8) is 0 Å². The Hall–Kier alpha value is -3.32. The van der Waals surface area contributed by atoms with Crippen LogP contribution in [0.15, 0.2) is 64.9 Å². The summed E-state index contributed by atoms with van der Waals surface area (Å²) in [4.78, 5) is 26.4. The fourth-order valence-electron chi connectivity index (χ4n) is 2.92. The van der Waals surface area contributed by atoms with Crippen molar-refractivity contribution in [1.82, 2.24) is 19.4 Å². The molecule has 5 rings (SSSR count). The number of hydrogen-bond donors (Lipinski definition) is 1. The lowest BCUT2D eigenvalue weighted by molar-refractivity contribution is 1.07. The zero-order valence-electron chi connectivity index (χ0n) is 12.9. The van der Waals surface area contributed by atoms with Gasteiger partial charge in [0.15, 0.2) is 5.13 Å². The smallest absolute Gasteiger partial charge is 0.267 e. The molecular weight excluding hydrogens is 334 g/mol. The lowest BCUT2D eigenvalue weighted by atomic mass is 10.2. The van der Waals surface area contributed by atoms with Crippen LogP contribution in [0.1, 0.15) is 0 Å². The number of nitrogens with one attached hydrogen (secondary N) is 1. The van der Waals surface area contributed by atoms with Gasteiger partial charge in [-0.3, -0.25) is 4.79 Å². The minimum atomic E-state index is -0.120. The third-order valence-electron chi connectivity index (χ3n) is 4.03. The number of nitrogens with zero attached hydrogens (tertiary/aromatic N) is 4. The van der Waals surface area contributed by atoms with E-state index < -0.39 is 0 Å². The lowest BCUT2D eigenvalue weighted by Gasteiger charge is -2.11. The molecule has 0 radical (unpaired) electrons. The number of fused-ring (bicyclic) bond motifs is 4. The molecule has 25 heavy (non-hydrogen) atoms. The highest BCUT2D eigenvalue weighted by atomic mass is 32.1. The highest BCUT2D eigenvalue weighted by molar-refractivity contribution is 7.13. The molecule has 0 unspecified atom stereocenters. The minimum absolute atomic E-state index is 0.120. The van der Waals surface area contributed by atoms with Crippen molar-refractivity contribution < 1.29 is 0 Å². The van der Waals surface area contributed by atoms with Gasteiger partial charge in [-0.1, -0.05) is 24.3 Å². The van der Waals surface area contributed by atoms with E-state index in [1.54, 1.807) is 16.7 Å². The number of thiazole rings is 1. The number of aromatic nitrogens is 4. The van der Waals surface area contributed by atoms with Crippen molar-refractivity contribution in [3.05, 3.63) is 70.5 Å². The molecule has 0 bridgehead atoms. The van der Waals surface area contributed by atoms with E-state index in [-0.39, 0.29) is 5.56 Å². The maximum absolute atomic E-state index is 13.0. The molecule has 5 aromatic rings. The van der Waals surface area contributed by atoms with Gasteiger partial charge in [-0.05, 0) is 24.3 Å². The predicted molar refractivity (Wildman–Crippen MR) is 99.7 cm³/mol. The molecule has 7 heteroatoms. The van der Waals surface area contributed by atoms with Gasteiger partial charge < -0.3 is 5.32 Å². The third kappa shape index (κ3) is 2.17. The first-order valence-corrected chi connectivity index (χ1v) is 8.56. The number of anilines is 2. The summed E-state index contributed by atoms with van der Waals surface area (Å²) in [6.07, 6.45) is 1.73. The molecule has 120 valence electrons. The van der Waals surface area contributed by atoms with Gasteiger partial charge in [-0.2, -0.15) is 4.98 Å². The molecule has 0 atom stereocenters. The third-order valence-corrected chi connectivity index (χ3v) is 4.72. The summed E-state index contributed by atoms with van der Waals surface area (Å²) in [5.41, 5.74) is 1.27. The average molecular weight is 345 g/mol. The van der Waals surface area contributed by atoms with Crippen molar-refractivity contribution >= 4 is 49.9 Å². The van der Waals surface area contributed by atoms with Gasteiger partial charge in [-0.15, -0.1) is 11.3 Å². The molecule has 6 nitrogen and oxygen atoms in total. The summed E-state index contributed by atoms with van der Waals surface area (Å²) < 4.78 is 1.56. The van der Waals surface area contributed by atoms with Crippen LogP contribution < -0.4 is 10.9 Å². The van der Waals surface area contributed by atoms with Crippen LogP contribution in [-0.4, -0.2) is 19.4 Å². The molecule has 1 N–H and O–H groups in total. The zero-order valence-corrected chi connectivity index (χ0v) is 13.7. The van der Waals surface area contributed by atoms with Crippen LogP contribution in [0.5, 0.6) is 0 Å². The van der Waals surface area contributed by atoms with Crippen molar-refractivity contribution in [3.8, 4) is 0 Å². The fraction of sp³-hybridized carbons (Fsp3) is 0. The number of hydrogen-bond acceptors (Lipinski definition) is 6. The minimum Gasteiger partial charge on any atom is -0.316 e. The van der Waals surface area contributed by atoms with Gasteiger partial charge in [-0.25, -0.2) is 14.4 Å². The molecule has 3 heterocycles. The summed E-state index contributed by atoms with van der Waals surface area (Å²) in [5, 5.41) is 7.27. The monoisotopic (exact) mass is 345 g/mol. The van der Waals surface area contributed by atoms with Crippen molar-refractivity contribution in [2.24, 2.45) is 0 Å². The Bertz CT molecular complexity index is 1290. The molecular formula is C18H11N5OS. The first-order valence-electron chi connectivity index (χ1n) is 7.68. The summed E-state index contributed by atoms with van der Waals surface area (Å²) in [6.45, 7) is 0. The van der Waals surface area contributed by atoms with Crippen LogP contribution in [0.25, 0.3) is 27.6 Å². The molecule has 0 spiro atoms. The summed E-state index contributed by atoms with van der Waals surface area (Å²) in [7, 11) is 0. The highest BCUT2D eigenvalue weighted by Crippen LogP contribution is 2.26. The Balaban J connectivity index is 1.92. The van der Waals surface area contributed by atoms with Crippen LogP contribution in [0.2, 0.25) is 0 Å². The van der Waals surface area contributed by atoms with Gasteiger partial charge in [0.05, 0.1) is 16.4 Å². The quantitative estimate of drug-likeness (QED) is 0.391. The molecule has 0 saturated heterocycles. The summed E-state index contributed by atoms with van der Waals surface area (Å²) in [6, 6.07) is 15.0. The normalized spacial score (nSPS) is 11.4. The van der Waals surface area contributed by atoms with Gasteiger partial charge in [0.2, 0.25) is 5.78 Å². The van der Waals surface area contributed by atoms with Crippen molar-refractivity contribution in [2.75, 3.05) is 5.32 Å². The van der Waals surface area contributed by atoms with E-state index in [0.29, 0.717) is 22.5 Å². The fourth-order valence-corrected chi connectivity index (χ4v) is 3.45. The van der Waals surface area contributed by atoms with Gasteiger partial charge >= 0.3 is 0 Å². The topological polar surface area (TPSA) is 72.2 Å². The first-order chi connectivity index (χ1) is 12.3. The standard InChI is InChI=1S/C18H11N5OS/c24-16-11-5-1-3-7-13(11)20-17-21-15(22-18-19-9-10-25-18)12-6-2-4-8-14(12)23(16)17/h1-10H,(H,19,20,21,22). The Kier molecular flexibility index (Phi) is 3.01. The Labute approximate surface area is 145 Å². The zero-order chi connectivity index (χ0) is 16.8. The van der Waals surface area contributed by atoms with Crippen LogP contribution in [0.3, 0.4) is 0 Å². The predicted octanol–water partition coefficient (Wildman–Crippen LogP) is 3.60. The van der Waals surface area contributed by atoms with E-state index in [0.717, 1.165) is 16.0 Å². The molecule has 0 aliphatic heterocycles. The highest BCUT2D eigenvalue weighted by Gasteiger charge is 2.13. The van der Waals surface area contributed by atoms with Crippen molar-refractivity contribution in [2.45, 2.75) is 0 Å². The number of benzene rings is 2. The number of rotatable bonds is 2. The SMILES string of the molecule is O=c1c2ccccc2nc2nc(Nc3nccs3)c3ccccc3n12. The molecule has 0 aliphatic carbocycles. The second kappa shape index (κ2) is 5.35. The second-order valence-corrected chi connectivity index (χ2v) is 6.40. The first kappa shape index (κ1) is 14.1. The van der Waals surface area contributed by atoms with Crippen molar-refractivity contribution in [1.29, 1.82) is 0 Å². The van der Waals surface area contributed by atoms with E-state index in [2.05, 4.69) is 20.3 Å². The largest absolute Gasteiger partial charge is 0.316 e. The van der Waals surface area contributed by atoms with Crippen LogP contribution in [0.4, 0.5) is 10.9 Å². The molecule has 0 fully saturated rings. The van der Waals surface area contributed by atoms with Crippen LogP contribution in [0, 0.1) is 0 Å². The Morgan fingerprint density at radius 3 is 2.60 bits per heavy atom. The molecule has 0 amide bonds. The van der Waals surface area contributed by atoms with E-state index in [4.69, 9.17) is 0 Å². The molecule has 2 aromatic carbocycles. The molecule has 3 aromatic heterocycles. The van der Waals surface area contributed by atoms with E-state index in [1.165, 1.54) is 11.3 Å². The van der Waals surface area contributed by atoms with E-state index in [1.807, 2.05) is 47.8 Å².